The summed E-state index contributed by atoms with van der Waals surface area (Å²) in [7, 11) is 0. The van der Waals surface area contributed by atoms with Gasteiger partial charge in [-0.15, -0.1) is 0 Å². The summed E-state index contributed by atoms with van der Waals surface area (Å²) in [5.74, 6) is 0.591. The largest absolute Gasteiger partial charge is 0.307 e. The predicted octanol–water partition coefficient (Wildman–Crippen LogP) is 7.99. The van der Waals surface area contributed by atoms with E-state index in [0.29, 0.717) is 5.92 Å². The van der Waals surface area contributed by atoms with E-state index in [2.05, 4.69) is 123 Å². The third kappa shape index (κ3) is 9.06. The quantitative estimate of drug-likeness (QED) is 0.322. The fourth-order valence-corrected chi connectivity index (χ4v) is 3.94. The molecule has 0 aliphatic heterocycles. The Bertz CT molecular complexity index is 967. The molecule has 0 N–H and O–H groups in total. The number of hydrogen-bond donors (Lipinski definition) is 0. The van der Waals surface area contributed by atoms with Gasteiger partial charge in [-0.3, -0.25) is 0 Å². The minimum absolute atomic E-state index is 0.591. The number of rotatable bonds is 5. The van der Waals surface area contributed by atoms with Crippen LogP contribution in [0.4, 0.5) is 0 Å². The minimum Gasteiger partial charge on any atom is -0.307 e. The first-order valence-electron chi connectivity index (χ1n) is 10.4. The van der Waals surface area contributed by atoms with E-state index in [-0.39, 0.29) is 0 Å². The van der Waals surface area contributed by atoms with E-state index in [0.717, 1.165) is 6.42 Å². The van der Waals surface area contributed by atoms with Crippen molar-refractivity contribution >= 4 is 18.6 Å². The summed E-state index contributed by atoms with van der Waals surface area (Å²) in [6, 6.07) is 40.4. The van der Waals surface area contributed by atoms with Crippen molar-refractivity contribution in [3.8, 4) is 0 Å². The molecule has 2 heteroatoms. The number of hydrogen-bond acceptors (Lipinski definition) is 2. The van der Waals surface area contributed by atoms with Crippen LogP contribution in [0, 0.1) is 6.92 Å². The molecule has 4 aromatic rings. The molecule has 0 aliphatic carbocycles. The van der Waals surface area contributed by atoms with Crippen molar-refractivity contribution in [3.05, 3.63) is 132 Å². The van der Waals surface area contributed by atoms with Gasteiger partial charge in [0.25, 0.3) is 0 Å². The van der Waals surface area contributed by atoms with Gasteiger partial charge >= 0.3 is 0 Å². The molecule has 4 rings (SSSR count). The zero-order chi connectivity index (χ0) is 22.3. The monoisotopic (exact) mass is 426 g/mol. The summed E-state index contributed by atoms with van der Waals surface area (Å²) in [6.45, 7) is 6.39. The van der Waals surface area contributed by atoms with E-state index in [1.807, 2.05) is 12.9 Å². The van der Waals surface area contributed by atoms with Gasteiger partial charge in [0.1, 0.15) is 6.79 Å². The number of carbonyl (C=O) groups excluding carboxylic acids is 1. The summed E-state index contributed by atoms with van der Waals surface area (Å²) in [4.78, 5) is 10.6. The maximum absolute atomic E-state index is 8.00. The average Bonchev–Trinajstić information content (AvgIpc) is 2.84. The molecular weight excluding hydrogens is 396 g/mol. The first-order valence-corrected chi connectivity index (χ1v) is 11.2. The second-order valence-electron chi connectivity index (χ2n) is 7.23. The van der Waals surface area contributed by atoms with Crippen LogP contribution in [0.25, 0.3) is 0 Å². The van der Waals surface area contributed by atoms with E-state index < -0.39 is 0 Å². The Labute approximate surface area is 191 Å². The van der Waals surface area contributed by atoms with Gasteiger partial charge in [0.05, 0.1) is 0 Å². The van der Waals surface area contributed by atoms with Gasteiger partial charge in [0.2, 0.25) is 0 Å². The van der Waals surface area contributed by atoms with Gasteiger partial charge < -0.3 is 4.79 Å². The molecule has 1 nitrogen and oxygen atoms in total. The van der Waals surface area contributed by atoms with Gasteiger partial charge in [0.15, 0.2) is 0 Å². The van der Waals surface area contributed by atoms with Crippen molar-refractivity contribution in [1.29, 1.82) is 0 Å². The molecule has 0 bridgehead atoms. The summed E-state index contributed by atoms with van der Waals surface area (Å²) in [6.07, 6.45) is 1.12. The number of aryl methyl sites for hydroxylation is 1. The maximum Gasteiger partial charge on any atom is 0.106 e. The van der Waals surface area contributed by atoms with Gasteiger partial charge in [-0.1, -0.05) is 115 Å². The van der Waals surface area contributed by atoms with E-state index in [1.54, 1.807) is 11.8 Å². The summed E-state index contributed by atoms with van der Waals surface area (Å²) >= 11 is 1.80. The van der Waals surface area contributed by atoms with Crippen molar-refractivity contribution in [2.75, 3.05) is 0 Å². The fraction of sp³-hybridized carbons (Fsp3) is 0.138. The third-order valence-electron chi connectivity index (χ3n) is 4.75. The van der Waals surface area contributed by atoms with Crippen molar-refractivity contribution in [3.63, 3.8) is 0 Å². The van der Waals surface area contributed by atoms with Crippen LogP contribution in [-0.4, -0.2) is 6.79 Å². The van der Waals surface area contributed by atoms with Crippen molar-refractivity contribution in [2.24, 2.45) is 0 Å². The Kier molecular flexibility index (Phi) is 10.9. The molecule has 31 heavy (non-hydrogen) atoms. The van der Waals surface area contributed by atoms with Crippen LogP contribution in [0.5, 0.6) is 0 Å². The highest BCUT2D eigenvalue weighted by Crippen LogP contribution is 2.27. The molecule has 1 unspecified atom stereocenters. The van der Waals surface area contributed by atoms with E-state index in [4.69, 9.17) is 4.79 Å². The highest BCUT2D eigenvalue weighted by atomic mass is 32.2. The van der Waals surface area contributed by atoms with Crippen LogP contribution in [0.1, 0.15) is 29.5 Å². The van der Waals surface area contributed by atoms with Crippen LogP contribution in [0.15, 0.2) is 125 Å². The molecule has 0 aliphatic rings. The van der Waals surface area contributed by atoms with Crippen LogP contribution >= 0.6 is 11.8 Å². The molecule has 1 atom stereocenters. The maximum atomic E-state index is 8.00. The molecule has 0 aromatic heterocycles. The predicted molar refractivity (Wildman–Crippen MR) is 134 cm³/mol. The van der Waals surface area contributed by atoms with E-state index in [9.17, 15) is 0 Å². The normalized spacial score (nSPS) is 10.6. The van der Waals surface area contributed by atoms with Crippen molar-refractivity contribution in [1.82, 2.24) is 0 Å². The lowest BCUT2D eigenvalue weighted by Crippen LogP contribution is -1.97. The van der Waals surface area contributed by atoms with Crippen molar-refractivity contribution in [2.45, 2.75) is 36.0 Å². The fourth-order valence-electron chi connectivity index (χ4n) is 3.10. The number of benzene rings is 4. The molecule has 0 saturated heterocycles. The molecule has 0 fully saturated rings. The standard InChI is InChI=1S/C15H16.C13H12S.CH2O/c1-13(15-10-6-3-7-11-15)12-14-8-4-2-5-9-14;1-11-7-9-13(10-8-11)14-12-5-3-2-4-6-12;1-2/h2-11,13H,12H2,1H3;2-10H,1H3;1H2. The lowest BCUT2D eigenvalue weighted by atomic mass is 9.94. The third-order valence-corrected chi connectivity index (χ3v) is 5.77. The molecule has 0 radical (unpaired) electrons. The Morgan fingerprint density at radius 3 is 1.65 bits per heavy atom. The second-order valence-corrected chi connectivity index (χ2v) is 8.38. The average molecular weight is 427 g/mol. The number of carbonyl (C=O) groups is 1. The van der Waals surface area contributed by atoms with Gasteiger partial charge in [-0.2, -0.15) is 0 Å². The van der Waals surface area contributed by atoms with Gasteiger partial charge in [-0.25, -0.2) is 0 Å². The summed E-state index contributed by atoms with van der Waals surface area (Å²) in [5.41, 5.74) is 4.14. The Balaban J connectivity index is 0.000000204. The molecule has 0 heterocycles. The summed E-state index contributed by atoms with van der Waals surface area (Å²) in [5, 5.41) is 0. The molecular formula is C29H30OS. The van der Waals surface area contributed by atoms with Gasteiger partial charge in [0, 0.05) is 9.79 Å². The Morgan fingerprint density at radius 1 is 0.645 bits per heavy atom. The van der Waals surface area contributed by atoms with E-state index >= 15 is 0 Å². The first-order chi connectivity index (χ1) is 15.2. The zero-order valence-corrected chi connectivity index (χ0v) is 19.1. The lowest BCUT2D eigenvalue weighted by Gasteiger charge is -2.11. The molecule has 0 spiro atoms. The molecule has 0 amide bonds. The molecule has 4 aromatic carbocycles. The van der Waals surface area contributed by atoms with Gasteiger partial charge in [-0.05, 0) is 54.7 Å². The molecule has 0 saturated carbocycles. The van der Waals surface area contributed by atoms with Crippen LogP contribution < -0.4 is 0 Å². The van der Waals surface area contributed by atoms with Crippen LogP contribution in [0.2, 0.25) is 0 Å². The van der Waals surface area contributed by atoms with Crippen LogP contribution in [0.3, 0.4) is 0 Å². The summed E-state index contributed by atoms with van der Waals surface area (Å²) < 4.78 is 0. The lowest BCUT2D eigenvalue weighted by molar-refractivity contribution is -0.0979. The SMILES string of the molecule is C=O.CC(Cc1ccccc1)c1ccccc1.Cc1ccc(Sc2ccccc2)cc1. The highest BCUT2D eigenvalue weighted by molar-refractivity contribution is 7.99. The Hall–Kier alpha value is -3.10. The minimum atomic E-state index is 0.591. The molecule has 158 valence electrons. The van der Waals surface area contributed by atoms with Crippen molar-refractivity contribution < 1.29 is 4.79 Å². The smallest absolute Gasteiger partial charge is 0.106 e. The first kappa shape index (κ1) is 24.2. The second kappa shape index (κ2) is 14.0. The highest BCUT2D eigenvalue weighted by Gasteiger charge is 2.05. The Morgan fingerprint density at radius 2 is 1.10 bits per heavy atom. The zero-order valence-electron chi connectivity index (χ0n) is 18.3. The topological polar surface area (TPSA) is 17.1 Å². The van der Waals surface area contributed by atoms with Crippen LogP contribution in [-0.2, 0) is 11.2 Å². The van der Waals surface area contributed by atoms with E-state index in [1.165, 1.54) is 26.5 Å².